The molecular formula is C19H20N2O6. The van der Waals surface area contributed by atoms with Gasteiger partial charge in [0.1, 0.15) is 5.75 Å². The van der Waals surface area contributed by atoms with Gasteiger partial charge in [-0.3, -0.25) is 14.9 Å². The van der Waals surface area contributed by atoms with Gasteiger partial charge in [-0.1, -0.05) is 0 Å². The monoisotopic (exact) mass is 372 g/mol. The lowest BCUT2D eigenvalue weighted by Crippen LogP contribution is -2.19. The minimum atomic E-state index is -0.683. The fourth-order valence-electron chi connectivity index (χ4n) is 3.03. The number of hydrogen-bond donors (Lipinski definition) is 0. The zero-order valence-corrected chi connectivity index (χ0v) is 15.1. The van der Waals surface area contributed by atoms with E-state index in [9.17, 15) is 19.7 Å². The fourth-order valence-corrected chi connectivity index (χ4v) is 3.03. The predicted octanol–water partition coefficient (Wildman–Crippen LogP) is 3.15. The van der Waals surface area contributed by atoms with Crippen LogP contribution in [0.4, 0.5) is 5.69 Å². The molecule has 1 aromatic heterocycles. The van der Waals surface area contributed by atoms with Crippen LogP contribution in [-0.4, -0.2) is 34.5 Å². The second kappa shape index (κ2) is 7.61. The van der Waals surface area contributed by atoms with E-state index in [2.05, 4.69) is 4.57 Å². The third-order valence-corrected chi connectivity index (χ3v) is 4.47. The van der Waals surface area contributed by atoms with E-state index in [1.165, 1.54) is 24.3 Å². The number of ether oxygens (including phenoxy) is 2. The summed E-state index contributed by atoms with van der Waals surface area (Å²) in [6.45, 7) is 3.13. The molecule has 0 N–H and O–H groups in total. The number of nitro groups is 1. The van der Waals surface area contributed by atoms with Crippen LogP contribution in [0.3, 0.4) is 0 Å². The highest BCUT2D eigenvalue weighted by atomic mass is 16.6. The number of Topliss-reactive ketones (excluding diaryl/α,β-unsaturated/α-hetero) is 1. The molecule has 3 rings (SSSR count). The molecule has 1 fully saturated rings. The van der Waals surface area contributed by atoms with Crippen molar-refractivity contribution in [1.82, 2.24) is 4.57 Å². The molecule has 0 saturated heterocycles. The topological polar surface area (TPSA) is 101 Å². The van der Waals surface area contributed by atoms with Gasteiger partial charge in [0.2, 0.25) is 5.78 Å². The number of carbonyl (C=O) groups excluding carboxylic acids is 2. The number of aryl methyl sites for hydroxylation is 1. The number of benzene rings is 1. The first kappa shape index (κ1) is 18.6. The number of hydrogen-bond acceptors (Lipinski definition) is 6. The van der Waals surface area contributed by atoms with Crippen molar-refractivity contribution in [2.75, 3.05) is 13.2 Å². The summed E-state index contributed by atoms with van der Waals surface area (Å²) in [5.41, 5.74) is 2.44. The number of rotatable bonds is 8. The van der Waals surface area contributed by atoms with Crippen molar-refractivity contribution >= 4 is 17.4 Å². The Balaban J connectivity index is 1.49. The van der Waals surface area contributed by atoms with Crippen LogP contribution in [0.5, 0.6) is 5.75 Å². The quantitative estimate of drug-likeness (QED) is 0.305. The van der Waals surface area contributed by atoms with Crippen molar-refractivity contribution in [2.45, 2.75) is 32.7 Å². The molecular weight excluding hydrogens is 352 g/mol. The predicted molar refractivity (Wildman–Crippen MR) is 96.1 cm³/mol. The summed E-state index contributed by atoms with van der Waals surface area (Å²) >= 11 is 0. The van der Waals surface area contributed by atoms with Gasteiger partial charge in [0.05, 0.1) is 4.92 Å². The maximum atomic E-state index is 12.4. The van der Waals surface area contributed by atoms with Crippen LogP contribution in [-0.2, 0) is 9.53 Å². The van der Waals surface area contributed by atoms with Crippen molar-refractivity contribution in [3.8, 4) is 5.75 Å². The van der Waals surface area contributed by atoms with E-state index in [1.807, 2.05) is 19.9 Å². The zero-order valence-electron chi connectivity index (χ0n) is 15.1. The second-order valence-corrected chi connectivity index (χ2v) is 6.51. The van der Waals surface area contributed by atoms with Gasteiger partial charge >= 0.3 is 5.97 Å². The van der Waals surface area contributed by atoms with Gasteiger partial charge in [0, 0.05) is 35.1 Å². The van der Waals surface area contributed by atoms with E-state index in [1.54, 1.807) is 0 Å². The molecule has 1 heterocycles. The molecule has 0 unspecified atom stereocenters. The third-order valence-electron chi connectivity index (χ3n) is 4.47. The lowest BCUT2D eigenvalue weighted by molar-refractivity contribution is -0.384. The number of aromatic nitrogens is 1. The highest BCUT2D eigenvalue weighted by molar-refractivity contribution is 5.99. The van der Waals surface area contributed by atoms with Gasteiger partial charge in [-0.15, -0.1) is 0 Å². The van der Waals surface area contributed by atoms with Gasteiger partial charge in [-0.05, 0) is 44.9 Å². The lowest BCUT2D eigenvalue weighted by Gasteiger charge is -2.08. The van der Waals surface area contributed by atoms with Crippen LogP contribution in [0.2, 0.25) is 0 Å². The summed E-state index contributed by atoms with van der Waals surface area (Å²) in [5.74, 6) is -0.631. The number of nitrogens with zero attached hydrogens (tertiary/aromatic N) is 2. The number of nitro benzene ring substituents is 1. The molecule has 0 amide bonds. The van der Waals surface area contributed by atoms with Gasteiger partial charge in [0.15, 0.2) is 13.2 Å². The number of ketones is 1. The Morgan fingerprint density at radius 2 is 1.85 bits per heavy atom. The summed E-state index contributed by atoms with van der Waals surface area (Å²) in [4.78, 5) is 34.2. The largest absolute Gasteiger partial charge is 0.482 e. The van der Waals surface area contributed by atoms with Crippen molar-refractivity contribution in [2.24, 2.45) is 0 Å². The highest BCUT2D eigenvalue weighted by Gasteiger charge is 2.28. The number of non-ortho nitro benzene ring substituents is 1. The van der Waals surface area contributed by atoms with E-state index >= 15 is 0 Å². The van der Waals surface area contributed by atoms with E-state index in [-0.39, 0.29) is 24.7 Å². The SMILES string of the molecule is Cc1cc(C(=O)COC(=O)COc2ccc([N+](=O)[O-])cc2)c(C)n1C1CC1. The van der Waals surface area contributed by atoms with Crippen LogP contribution in [0.1, 0.15) is 40.6 Å². The van der Waals surface area contributed by atoms with E-state index in [0.717, 1.165) is 24.2 Å². The molecule has 0 spiro atoms. The Labute approximate surface area is 155 Å². The summed E-state index contributed by atoms with van der Waals surface area (Å²) in [6, 6.07) is 7.65. The van der Waals surface area contributed by atoms with E-state index < -0.39 is 10.9 Å². The molecule has 0 bridgehead atoms. The van der Waals surface area contributed by atoms with Gasteiger partial charge in [0.25, 0.3) is 5.69 Å². The van der Waals surface area contributed by atoms with E-state index in [0.29, 0.717) is 17.4 Å². The molecule has 27 heavy (non-hydrogen) atoms. The maximum Gasteiger partial charge on any atom is 0.344 e. The summed E-state index contributed by atoms with van der Waals surface area (Å²) in [6.07, 6.45) is 2.25. The fraction of sp³-hybridized carbons (Fsp3) is 0.368. The number of carbonyl (C=O) groups is 2. The van der Waals surface area contributed by atoms with Crippen molar-refractivity contribution < 1.29 is 24.0 Å². The molecule has 8 heteroatoms. The number of esters is 1. The highest BCUT2D eigenvalue weighted by Crippen LogP contribution is 2.38. The molecule has 0 radical (unpaired) electrons. The van der Waals surface area contributed by atoms with Crippen molar-refractivity contribution in [3.05, 3.63) is 57.4 Å². The van der Waals surface area contributed by atoms with Gasteiger partial charge in [-0.25, -0.2) is 4.79 Å². The molecule has 142 valence electrons. The Kier molecular flexibility index (Phi) is 5.25. The van der Waals surface area contributed by atoms with Crippen LogP contribution < -0.4 is 4.74 Å². The van der Waals surface area contributed by atoms with E-state index in [4.69, 9.17) is 9.47 Å². The van der Waals surface area contributed by atoms with Crippen molar-refractivity contribution in [1.29, 1.82) is 0 Å². The molecule has 0 atom stereocenters. The smallest absolute Gasteiger partial charge is 0.344 e. The first-order valence-electron chi connectivity index (χ1n) is 8.61. The molecule has 8 nitrogen and oxygen atoms in total. The first-order chi connectivity index (χ1) is 12.9. The average molecular weight is 372 g/mol. The standard InChI is InChI=1S/C19H20N2O6/c1-12-9-17(13(2)20(12)14-3-4-14)18(22)10-27-19(23)11-26-16-7-5-15(6-8-16)21(24)25/h5-9,14H,3-4,10-11H2,1-2H3. The maximum absolute atomic E-state index is 12.4. The summed E-state index contributed by atoms with van der Waals surface area (Å²) in [7, 11) is 0. The molecule has 0 aliphatic heterocycles. The van der Waals surface area contributed by atoms with Crippen LogP contribution in [0.25, 0.3) is 0 Å². The third kappa shape index (κ3) is 4.33. The first-order valence-corrected chi connectivity index (χ1v) is 8.61. The van der Waals surface area contributed by atoms with Crippen LogP contribution in [0.15, 0.2) is 30.3 Å². The Morgan fingerprint density at radius 1 is 1.19 bits per heavy atom. The minimum absolute atomic E-state index is 0.0701. The minimum Gasteiger partial charge on any atom is -0.482 e. The molecule has 2 aromatic rings. The Morgan fingerprint density at radius 3 is 2.44 bits per heavy atom. The molecule has 1 aliphatic rings. The van der Waals surface area contributed by atoms with Crippen LogP contribution in [0, 0.1) is 24.0 Å². The van der Waals surface area contributed by atoms with Crippen molar-refractivity contribution in [3.63, 3.8) is 0 Å². The Bertz CT molecular complexity index is 880. The second-order valence-electron chi connectivity index (χ2n) is 6.51. The summed E-state index contributed by atoms with van der Waals surface area (Å²) < 4.78 is 12.4. The Hall–Kier alpha value is -3.16. The van der Waals surface area contributed by atoms with Gasteiger partial charge < -0.3 is 14.0 Å². The zero-order chi connectivity index (χ0) is 19.6. The van der Waals surface area contributed by atoms with Crippen LogP contribution >= 0.6 is 0 Å². The normalized spacial score (nSPS) is 13.3. The molecule has 1 saturated carbocycles. The summed E-state index contributed by atoms with van der Waals surface area (Å²) in [5, 5.41) is 10.6. The van der Waals surface area contributed by atoms with Gasteiger partial charge in [-0.2, -0.15) is 0 Å². The average Bonchev–Trinajstić information content (AvgIpc) is 3.43. The molecule has 1 aromatic carbocycles. The lowest BCUT2D eigenvalue weighted by atomic mass is 10.1. The molecule has 1 aliphatic carbocycles.